The minimum atomic E-state index is -0.647. The van der Waals surface area contributed by atoms with Crippen LogP contribution in [0.4, 0.5) is 5.82 Å². The standard InChI is InChI=1S/C23H22BrN7O3/c24-18-2-1-3-19(27-18)28-23(34)16-7-12-6-15(12)31(16)20(32)10-30-17-9-26-14(11-4-5-11)8-13(17)21(29-30)22(25)33/h1-3,8-9,11-12,15-16H,4-7,10H2,(H2,25,33)(H,27,28,34)/t12-,15-,16+/m1/s1. The Kier molecular flexibility index (Phi) is 4.91. The normalized spacial score (nSPS) is 23.1. The van der Waals surface area contributed by atoms with Crippen molar-refractivity contribution in [2.75, 3.05) is 5.32 Å². The van der Waals surface area contributed by atoms with E-state index in [4.69, 9.17) is 5.73 Å². The van der Waals surface area contributed by atoms with Gasteiger partial charge in [0.15, 0.2) is 5.69 Å². The first-order chi connectivity index (χ1) is 16.4. The zero-order chi connectivity index (χ0) is 23.6. The quantitative estimate of drug-likeness (QED) is 0.475. The first-order valence-corrected chi connectivity index (χ1v) is 12.1. The van der Waals surface area contributed by atoms with Crippen LogP contribution in [-0.2, 0) is 16.1 Å². The van der Waals surface area contributed by atoms with Gasteiger partial charge in [-0.05, 0) is 65.7 Å². The van der Waals surface area contributed by atoms with Crippen molar-refractivity contribution in [3.8, 4) is 0 Å². The van der Waals surface area contributed by atoms with Gasteiger partial charge in [-0.25, -0.2) is 4.98 Å². The summed E-state index contributed by atoms with van der Waals surface area (Å²) in [6.07, 6.45) is 5.32. The minimum absolute atomic E-state index is 0.0516. The van der Waals surface area contributed by atoms with Gasteiger partial charge in [0.05, 0.1) is 11.7 Å². The van der Waals surface area contributed by atoms with Crippen LogP contribution in [0.25, 0.3) is 10.9 Å². The Bertz CT molecular complexity index is 1350. The number of piperidine rings is 1. The van der Waals surface area contributed by atoms with Crippen LogP contribution in [0.1, 0.15) is 47.8 Å². The lowest BCUT2D eigenvalue weighted by molar-refractivity contribution is -0.138. The number of anilines is 1. The zero-order valence-corrected chi connectivity index (χ0v) is 19.7. The summed E-state index contributed by atoms with van der Waals surface area (Å²) in [6.45, 7) is -0.101. The molecule has 0 bridgehead atoms. The minimum Gasteiger partial charge on any atom is -0.364 e. The number of rotatable bonds is 6. The van der Waals surface area contributed by atoms with Crippen LogP contribution >= 0.6 is 15.9 Å². The van der Waals surface area contributed by atoms with Crippen molar-refractivity contribution in [3.63, 3.8) is 0 Å². The first-order valence-electron chi connectivity index (χ1n) is 11.3. The number of carbonyl (C=O) groups is 3. The second kappa shape index (κ2) is 7.86. The van der Waals surface area contributed by atoms with Crippen LogP contribution in [0.15, 0.2) is 35.1 Å². The summed E-state index contributed by atoms with van der Waals surface area (Å²) in [5.74, 6) is 0.0310. The topological polar surface area (TPSA) is 136 Å². The van der Waals surface area contributed by atoms with Crippen molar-refractivity contribution in [1.82, 2.24) is 24.6 Å². The largest absolute Gasteiger partial charge is 0.364 e. The van der Waals surface area contributed by atoms with E-state index < -0.39 is 11.9 Å². The van der Waals surface area contributed by atoms with Crippen molar-refractivity contribution in [1.29, 1.82) is 0 Å². The molecule has 11 heteroatoms. The fourth-order valence-electron chi connectivity index (χ4n) is 4.94. The Morgan fingerprint density at radius 3 is 2.76 bits per heavy atom. The van der Waals surface area contributed by atoms with Gasteiger partial charge in [0.2, 0.25) is 11.8 Å². The van der Waals surface area contributed by atoms with Gasteiger partial charge in [0.25, 0.3) is 5.91 Å². The molecule has 2 aliphatic carbocycles. The summed E-state index contributed by atoms with van der Waals surface area (Å²) in [4.78, 5) is 48.9. The van der Waals surface area contributed by atoms with E-state index >= 15 is 0 Å². The number of hydrogen-bond acceptors (Lipinski definition) is 6. The highest BCUT2D eigenvalue weighted by molar-refractivity contribution is 9.10. The Morgan fingerprint density at radius 2 is 2.03 bits per heavy atom. The molecule has 2 saturated carbocycles. The maximum Gasteiger partial charge on any atom is 0.269 e. The molecule has 6 rings (SSSR count). The molecule has 0 spiro atoms. The molecule has 3 N–H and O–H groups in total. The molecule has 0 unspecified atom stereocenters. The molecular formula is C23H22BrN7O3. The molecule has 0 radical (unpaired) electrons. The summed E-state index contributed by atoms with van der Waals surface area (Å²) < 4.78 is 2.09. The van der Waals surface area contributed by atoms with E-state index in [0.717, 1.165) is 25.0 Å². The van der Waals surface area contributed by atoms with Crippen molar-refractivity contribution >= 4 is 50.4 Å². The third-order valence-corrected chi connectivity index (χ3v) is 7.28. The van der Waals surface area contributed by atoms with Crippen molar-refractivity contribution in [3.05, 3.63) is 46.5 Å². The lowest BCUT2D eigenvalue weighted by Crippen LogP contribution is -2.46. The summed E-state index contributed by atoms with van der Waals surface area (Å²) >= 11 is 3.30. The third-order valence-electron chi connectivity index (χ3n) is 6.83. The smallest absolute Gasteiger partial charge is 0.269 e. The number of likely N-dealkylation sites (tertiary alicyclic amines) is 1. The average Bonchev–Trinajstić information content (AvgIpc) is 3.72. The molecule has 3 fully saturated rings. The van der Waals surface area contributed by atoms with Gasteiger partial charge in [0, 0.05) is 23.0 Å². The summed E-state index contributed by atoms with van der Waals surface area (Å²) in [6, 6.07) is 6.59. The van der Waals surface area contributed by atoms with Crippen LogP contribution in [-0.4, -0.2) is 54.5 Å². The summed E-state index contributed by atoms with van der Waals surface area (Å²) in [5.41, 5.74) is 7.20. The third kappa shape index (κ3) is 3.73. The molecule has 1 aliphatic heterocycles. The van der Waals surface area contributed by atoms with Crippen LogP contribution in [0.2, 0.25) is 0 Å². The van der Waals surface area contributed by atoms with Gasteiger partial charge in [-0.15, -0.1) is 0 Å². The highest BCUT2D eigenvalue weighted by atomic mass is 79.9. The number of carbonyl (C=O) groups excluding carboxylic acids is 3. The molecule has 0 aromatic carbocycles. The Balaban J connectivity index is 1.25. The number of amides is 3. The molecule has 34 heavy (non-hydrogen) atoms. The number of halogens is 1. The molecule has 3 atom stereocenters. The molecule has 3 aromatic heterocycles. The van der Waals surface area contributed by atoms with E-state index in [9.17, 15) is 14.4 Å². The predicted octanol–water partition coefficient (Wildman–Crippen LogP) is 2.19. The molecule has 3 amide bonds. The van der Waals surface area contributed by atoms with Crippen molar-refractivity contribution in [2.45, 2.75) is 50.2 Å². The number of nitrogens with one attached hydrogen (secondary N) is 1. The van der Waals surface area contributed by atoms with E-state index in [1.54, 1.807) is 29.3 Å². The molecular weight excluding hydrogens is 502 g/mol. The van der Waals surface area contributed by atoms with Gasteiger partial charge < -0.3 is 16.0 Å². The van der Waals surface area contributed by atoms with Gasteiger partial charge >= 0.3 is 0 Å². The maximum atomic E-state index is 13.4. The molecule has 4 heterocycles. The average molecular weight is 524 g/mol. The van der Waals surface area contributed by atoms with Crippen LogP contribution in [0, 0.1) is 5.92 Å². The fourth-order valence-corrected chi connectivity index (χ4v) is 5.28. The van der Waals surface area contributed by atoms with Crippen LogP contribution in [0.5, 0.6) is 0 Å². The van der Waals surface area contributed by atoms with E-state index in [-0.39, 0.29) is 30.1 Å². The van der Waals surface area contributed by atoms with Gasteiger partial charge in [0.1, 0.15) is 23.0 Å². The highest BCUT2D eigenvalue weighted by Gasteiger charge is 2.56. The van der Waals surface area contributed by atoms with Crippen molar-refractivity contribution in [2.24, 2.45) is 11.7 Å². The van der Waals surface area contributed by atoms with Crippen LogP contribution < -0.4 is 11.1 Å². The Hall–Kier alpha value is -3.34. The molecule has 174 valence electrons. The second-order valence-electron chi connectivity index (χ2n) is 9.22. The SMILES string of the molecule is NC(=O)c1nn(CC(=O)N2[C@@H]3C[C@@H]3C[C@H]2C(=O)Nc2cccc(Br)n2)c2cnc(C3CC3)cc12. The first kappa shape index (κ1) is 21.2. The lowest BCUT2D eigenvalue weighted by atomic mass is 10.1. The van der Waals surface area contributed by atoms with E-state index in [2.05, 4.69) is 36.3 Å². The monoisotopic (exact) mass is 523 g/mol. The molecule has 1 saturated heterocycles. The number of nitrogens with zero attached hydrogens (tertiary/aromatic N) is 5. The van der Waals surface area contributed by atoms with Gasteiger partial charge in [-0.3, -0.25) is 24.0 Å². The predicted molar refractivity (Wildman–Crippen MR) is 126 cm³/mol. The number of aromatic nitrogens is 4. The Morgan fingerprint density at radius 1 is 1.21 bits per heavy atom. The molecule has 3 aliphatic rings. The number of pyridine rings is 2. The lowest BCUT2D eigenvalue weighted by Gasteiger charge is -2.26. The van der Waals surface area contributed by atoms with Crippen molar-refractivity contribution < 1.29 is 14.4 Å². The number of nitrogens with two attached hydrogens (primary N) is 1. The molecule has 10 nitrogen and oxygen atoms in total. The van der Waals surface area contributed by atoms with E-state index in [1.807, 2.05) is 6.07 Å². The second-order valence-corrected chi connectivity index (χ2v) is 10.0. The maximum absolute atomic E-state index is 13.4. The Labute approximate surface area is 203 Å². The highest BCUT2D eigenvalue weighted by Crippen LogP contribution is 2.48. The number of primary amides is 1. The van der Waals surface area contributed by atoms with Gasteiger partial charge in [-0.2, -0.15) is 5.10 Å². The number of hydrogen-bond donors (Lipinski definition) is 2. The zero-order valence-electron chi connectivity index (χ0n) is 18.1. The van der Waals surface area contributed by atoms with E-state index in [0.29, 0.717) is 39.6 Å². The van der Waals surface area contributed by atoms with Gasteiger partial charge in [-0.1, -0.05) is 6.07 Å². The fraction of sp³-hybridized carbons (Fsp3) is 0.391. The summed E-state index contributed by atoms with van der Waals surface area (Å²) in [7, 11) is 0. The van der Waals surface area contributed by atoms with E-state index in [1.165, 1.54) is 4.68 Å². The number of fused-ring (bicyclic) bond motifs is 2. The molecule has 3 aromatic rings. The summed E-state index contributed by atoms with van der Waals surface area (Å²) in [5, 5.41) is 7.77. The van der Waals surface area contributed by atoms with Crippen LogP contribution in [0.3, 0.4) is 0 Å².